The summed E-state index contributed by atoms with van der Waals surface area (Å²) in [5.74, 6) is -0.319. The van der Waals surface area contributed by atoms with Crippen molar-refractivity contribution in [2.75, 3.05) is 18.5 Å². The second-order valence-electron chi connectivity index (χ2n) is 4.57. The van der Waals surface area contributed by atoms with Crippen LogP contribution in [-0.2, 0) is 4.79 Å². The lowest BCUT2D eigenvalue weighted by atomic mass is 10.2. The van der Waals surface area contributed by atoms with Crippen LogP contribution in [0.1, 0.15) is 17.3 Å². The SMILES string of the molecule is CCOc1cc(C=O)ccc1OCC(=O)Nc1ccccc1F. The second kappa shape index (κ2) is 7.93. The monoisotopic (exact) mass is 317 g/mol. The Hall–Kier alpha value is -2.89. The number of nitrogens with one attached hydrogen (secondary N) is 1. The predicted molar refractivity (Wildman–Crippen MR) is 83.5 cm³/mol. The Kier molecular flexibility index (Phi) is 5.68. The minimum Gasteiger partial charge on any atom is -0.490 e. The minimum absolute atomic E-state index is 0.0856. The molecular formula is C17H16FNO4. The molecule has 5 nitrogen and oxygen atoms in total. The fourth-order valence-corrected chi connectivity index (χ4v) is 1.88. The van der Waals surface area contributed by atoms with Crippen LogP contribution in [-0.4, -0.2) is 25.4 Å². The zero-order valence-electron chi connectivity index (χ0n) is 12.5. The molecule has 0 aliphatic heterocycles. The van der Waals surface area contributed by atoms with Crippen LogP contribution in [0, 0.1) is 5.82 Å². The Morgan fingerprint density at radius 1 is 1.17 bits per heavy atom. The summed E-state index contributed by atoms with van der Waals surface area (Å²) in [6, 6.07) is 10.5. The lowest BCUT2D eigenvalue weighted by Gasteiger charge is -2.12. The smallest absolute Gasteiger partial charge is 0.262 e. The minimum atomic E-state index is -0.522. The van der Waals surface area contributed by atoms with Crippen LogP contribution >= 0.6 is 0 Å². The first-order valence-electron chi connectivity index (χ1n) is 7.03. The van der Waals surface area contributed by atoms with Crippen LogP contribution in [0.2, 0.25) is 0 Å². The van der Waals surface area contributed by atoms with Gasteiger partial charge in [0.25, 0.3) is 5.91 Å². The third-order valence-electron chi connectivity index (χ3n) is 2.91. The van der Waals surface area contributed by atoms with Gasteiger partial charge in [-0.25, -0.2) is 4.39 Å². The maximum atomic E-state index is 13.5. The predicted octanol–water partition coefficient (Wildman–Crippen LogP) is 3.05. The number of anilines is 1. The lowest BCUT2D eigenvalue weighted by Crippen LogP contribution is -2.21. The third-order valence-corrected chi connectivity index (χ3v) is 2.91. The molecule has 2 rings (SSSR count). The summed E-state index contributed by atoms with van der Waals surface area (Å²) in [7, 11) is 0. The Labute approximate surface area is 133 Å². The van der Waals surface area contributed by atoms with Crippen LogP contribution in [0.25, 0.3) is 0 Å². The summed E-state index contributed by atoms with van der Waals surface area (Å²) in [6.07, 6.45) is 0.692. The largest absolute Gasteiger partial charge is 0.490 e. The number of ether oxygens (including phenoxy) is 2. The number of rotatable bonds is 7. The number of halogens is 1. The molecule has 120 valence electrons. The number of benzene rings is 2. The molecule has 1 amide bonds. The summed E-state index contributed by atoms with van der Waals surface area (Å²) >= 11 is 0. The Morgan fingerprint density at radius 2 is 1.96 bits per heavy atom. The zero-order chi connectivity index (χ0) is 16.7. The molecule has 0 saturated heterocycles. The molecule has 0 atom stereocenters. The van der Waals surface area contributed by atoms with Crippen molar-refractivity contribution in [2.24, 2.45) is 0 Å². The van der Waals surface area contributed by atoms with Gasteiger partial charge >= 0.3 is 0 Å². The van der Waals surface area contributed by atoms with E-state index in [0.29, 0.717) is 30.0 Å². The Balaban J connectivity index is 2.01. The molecule has 0 aliphatic carbocycles. The second-order valence-corrected chi connectivity index (χ2v) is 4.57. The van der Waals surface area contributed by atoms with Gasteiger partial charge in [0.1, 0.15) is 12.1 Å². The fourth-order valence-electron chi connectivity index (χ4n) is 1.88. The van der Waals surface area contributed by atoms with Crippen LogP contribution in [0.5, 0.6) is 11.5 Å². The molecule has 2 aromatic rings. The molecule has 0 fully saturated rings. The van der Waals surface area contributed by atoms with E-state index < -0.39 is 11.7 Å². The first kappa shape index (κ1) is 16.5. The highest BCUT2D eigenvalue weighted by Crippen LogP contribution is 2.28. The average Bonchev–Trinajstić information content (AvgIpc) is 2.56. The van der Waals surface area contributed by atoms with Gasteiger partial charge in [-0.2, -0.15) is 0 Å². The maximum Gasteiger partial charge on any atom is 0.262 e. The first-order valence-corrected chi connectivity index (χ1v) is 7.03. The molecule has 1 N–H and O–H groups in total. The van der Waals surface area contributed by atoms with E-state index in [1.807, 2.05) is 0 Å². The molecule has 0 bridgehead atoms. The van der Waals surface area contributed by atoms with Crippen molar-refractivity contribution in [3.8, 4) is 11.5 Å². The molecule has 0 spiro atoms. The summed E-state index contributed by atoms with van der Waals surface area (Å²) < 4.78 is 24.2. The van der Waals surface area contributed by atoms with Crippen molar-refractivity contribution >= 4 is 17.9 Å². The van der Waals surface area contributed by atoms with Crippen molar-refractivity contribution in [3.63, 3.8) is 0 Å². The summed E-state index contributed by atoms with van der Waals surface area (Å²) in [6.45, 7) is 1.87. The number of para-hydroxylation sites is 1. The van der Waals surface area contributed by atoms with Crippen LogP contribution in [0.4, 0.5) is 10.1 Å². The number of carbonyl (C=O) groups is 2. The number of carbonyl (C=O) groups excluding carboxylic acids is 2. The molecule has 23 heavy (non-hydrogen) atoms. The van der Waals surface area contributed by atoms with E-state index >= 15 is 0 Å². The van der Waals surface area contributed by atoms with E-state index in [4.69, 9.17) is 9.47 Å². The van der Waals surface area contributed by atoms with Gasteiger partial charge in [0, 0.05) is 5.56 Å². The number of aldehydes is 1. The van der Waals surface area contributed by atoms with Gasteiger partial charge in [-0.1, -0.05) is 12.1 Å². The maximum absolute atomic E-state index is 13.5. The molecule has 0 unspecified atom stereocenters. The quantitative estimate of drug-likeness (QED) is 0.797. The summed E-state index contributed by atoms with van der Waals surface area (Å²) in [4.78, 5) is 22.6. The number of hydrogen-bond acceptors (Lipinski definition) is 4. The van der Waals surface area contributed by atoms with Gasteiger partial charge in [0.15, 0.2) is 18.1 Å². The Bertz CT molecular complexity index is 703. The molecule has 0 saturated carbocycles. The molecule has 0 aliphatic rings. The van der Waals surface area contributed by atoms with E-state index in [2.05, 4.69) is 5.32 Å². The van der Waals surface area contributed by atoms with Crippen molar-refractivity contribution in [3.05, 3.63) is 53.8 Å². The molecule has 0 aromatic heterocycles. The highest BCUT2D eigenvalue weighted by atomic mass is 19.1. The van der Waals surface area contributed by atoms with E-state index in [1.165, 1.54) is 24.3 Å². The highest BCUT2D eigenvalue weighted by molar-refractivity contribution is 5.92. The van der Waals surface area contributed by atoms with E-state index in [-0.39, 0.29) is 12.3 Å². The fraction of sp³-hybridized carbons (Fsp3) is 0.176. The lowest BCUT2D eigenvalue weighted by molar-refractivity contribution is -0.118. The van der Waals surface area contributed by atoms with Crippen LogP contribution in [0.15, 0.2) is 42.5 Å². The van der Waals surface area contributed by atoms with Crippen molar-refractivity contribution < 1.29 is 23.5 Å². The molecule has 0 radical (unpaired) electrons. The van der Waals surface area contributed by atoms with Crippen LogP contribution < -0.4 is 14.8 Å². The topological polar surface area (TPSA) is 64.6 Å². The van der Waals surface area contributed by atoms with Gasteiger partial charge in [-0.3, -0.25) is 9.59 Å². The number of hydrogen-bond donors (Lipinski definition) is 1. The summed E-state index contributed by atoms with van der Waals surface area (Å²) in [5, 5.41) is 2.42. The number of amides is 1. The van der Waals surface area contributed by atoms with Gasteiger partial charge in [0.05, 0.1) is 12.3 Å². The molecule has 2 aromatic carbocycles. The molecule has 0 heterocycles. The van der Waals surface area contributed by atoms with Crippen molar-refractivity contribution in [1.82, 2.24) is 0 Å². The van der Waals surface area contributed by atoms with Gasteiger partial charge in [-0.15, -0.1) is 0 Å². The van der Waals surface area contributed by atoms with Crippen molar-refractivity contribution in [1.29, 1.82) is 0 Å². The van der Waals surface area contributed by atoms with E-state index in [0.717, 1.165) is 0 Å². The normalized spacial score (nSPS) is 10.0. The molecule has 6 heteroatoms. The standard InChI is InChI=1S/C17H16FNO4/c1-2-22-16-9-12(10-20)7-8-15(16)23-11-17(21)19-14-6-4-3-5-13(14)18/h3-10H,2,11H2,1H3,(H,19,21). The third kappa shape index (κ3) is 4.54. The highest BCUT2D eigenvalue weighted by Gasteiger charge is 2.10. The van der Waals surface area contributed by atoms with Crippen LogP contribution in [0.3, 0.4) is 0 Å². The first-order chi connectivity index (χ1) is 11.1. The Morgan fingerprint density at radius 3 is 2.65 bits per heavy atom. The van der Waals surface area contributed by atoms with Gasteiger partial charge in [-0.05, 0) is 37.3 Å². The average molecular weight is 317 g/mol. The zero-order valence-corrected chi connectivity index (χ0v) is 12.5. The van der Waals surface area contributed by atoms with E-state index in [9.17, 15) is 14.0 Å². The molecular weight excluding hydrogens is 301 g/mol. The van der Waals surface area contributed by atoms with Gasteiger partial charge < -0.3 is 14.8 Å². The van der Waals surface area contributed by atoms with Gasteiger partial charge in [0.2, 0.25) is 0 Å². The summed E-state index contributed by atoms with van der Waals surface area (Å²) in [5.41, 5.74) is 0.527. The van der Waals surface area contributed by atoms with Crippen molar-refractivity contribution in [2.45, 2.75) is 6.92 Å². The van der Waals surface area contributed by atoms with E-state index in [1.54, 1.807) is 25.1 Å².